The van der Waals surface area contributed by atoms with Crippen LogP contribution in [0.3, 0.4) is 0 Å². The first-order valence-corrected chi connectivity index (χ1v) is 14.1. The fourth-order valence-electron chi connectivity index (χ4n) is 5.41. The predicted molar refractivity (Wildman–Crippen MR) is 155 cm³/mol. The van der Waals surface area contributed by atoms with Crippen LogP contribution in [-0.2, 0) is 28.8 Å². The van der Waals surface area contributed by atoms with Crippen molar-refractivity contribution in [1.82, 2.24) is 30.2 Å². The van der Waals surface area contributed by atoms with Crippen molar-refractivity contribution < 1.29 is 14.3 Å². The van der Waals surface area contributed by atoms with E-state index in [0.717, 1.165) is 66.0 Å². The molecule has 2 aromatic heterocycles. The lowest BCUT2D eigenvalue weighted by molar-refractivity contribution is -0.135. The molecule has 1 aliphatic heterocycles. The molecule has 1 aliphatic rings. The molecule has 0 aliphatic carbocycles. The first-order chi connectivity index (χ1) is 19.4. The third kappa shape index (κ3) is 5.88. The fraction of sp³-hybridized carbons (Fsp3) is 0.419. The number of aryl methyl sites for hydroxylation is 3. The van der Waals surface area contributed by atoms with Crippen molar-refractivity contribution in [2.24, 2.45) is 5.92 Å². The SMILES string of the molecule is CCc1nc2cc(-c3ccc(CCc4c[nH]c([C@@H]5CCCN5C(=O)[C@@H](NC(=O)OC)C(C)C)n4)cc3)ccc2[nH]1. The third-order valence-electron chi connectivity index (χ3n) is 7.72. The summed E-state index contributed by atoms with van der Waals surface area (Å²) in [5.41, 5.74) is 6.60. The lowest BCUT2D eigenvalue weighted by atomic mass is 10.0. The lowest BCUT2D eigenvalue weighted by Gasteiger charge is -2.29. The lowest BCUT2D eigenvalue weighted by Crippen LogP contribution is -2.51. The van der Waals surface area contributed by atoms with Crippen molar-refractivity contribution in [2.75, 3.05) is 13.7 Å². The zero-order chi connectivity index (χ0) is 28.2. The number of imidazole rings is 2. The largest absolute Gasteiger partial charge is 0.453 e. The number of carbonyl (C=O) groups excluding carboxylic acids is 2. The number of amides is 2. The number of fused-ring (bicyclic) bond motifs is 1. The number of nitrogens with zero attached hydrogens (tertiary/aromatic N) is 3. The fourth-order valence-corrected chi connectivity index (χ4v) is 5.41. The van der Waals surface area contributed by atoms with Crippen LogP contribution in [0.25, 0.3) is 22.2 Å². The van der Waals surface area contributed by atoms with Crippen LogP contribution in [-0.4, -0.2) is 56.5 Å². The second-order valence-electron chi connectivity index (χ2n) is 10.8. The van der Waals surface area contributed by atoms with Crippen molar-refractivity contribution in [3.8, 4) is 11.1 Å². The first kappa shape index (κ1) is 27.4. The number of benzene rings is 2. The minimum atomic E-state index is -0.638. The summed E-state index contributed by atoms with van der Waals surface area (Å²) in [7, 11) is 1.30. The number of methoxy groups -OCH3 is 1. The van der Waals surface area contributed by atoms with Crippen molar-refractivity contribution in [2.45, 2.75) is 65.0 Å². The zero-order valence-corrected chi connectivity index (χ0v) is 23.7. The number of hydrogen-bond acceptors (Lipinski definition) is 5. The molecule has 3 N–H and O–H groups in total. The number of likely N-dealkylation sites (tertiary alicyclic amines) is 1. The molecular formula is C31H38N6O3. The van der Waals surface area contributed by atoms with Crippen molar-refractivity contribution in [3.05, 3.63) is 71.6 Å². The summed E-state index contributed by atoms with van der Waals surface area (Å²) in [5.74, 6) is 1.65. The Morgan fingerprint density at radius 1 is 1.10 bits per heavy atom. The van der Waals surface area contributed by atoms with Crippen LogP contribution in [0.1, 0.15) is 62.6 Å². The Bertz CT molecular complexity index is 1470. The van der Waals surface area contributed by atoms with Gasteiger partial charge in [-0.05, 0) is 60.4 Å². The molecule has 210 valence electrons. The van der Waals surface area contributed by atoms with E-state index in [4.69, 9.17) is 9.72 Å². The average Bonchev–Trinajstić information content (AvgIpc) is 3.73. The molecule has 2 amide bonds. The van der Waals surface area contributed by atoms with Crippen LogP contribution in [0.15, 0.2) is 48.7 Å². The standard InChI is InChI=1S/C31H38N6O3/c1-5-27-34-24-15-13-22(17-25(24)35-27)21-11-8-20(9-12-21)10-14-23-18-32-29(33-23)26-7-6-16-37(26)30(38)28(19(2)3)36-31(39)40-4/h8-9,11-13,15,17-19,26,28H,5-7,10,14,16H2,1-4H3,(H,32,33)(H,34,35)(H,36,39)/t26-,28-/m0/s1. The Hall–Kier alpha value is -4.14. The highest BCUT2D eigenvalue weighted by Gasteiger charge is 2.37. The molecule has 0 saturated carbocycles. The van der Waals surface area contributed by atoms with E-state index in [-0.39, 0.29) is 17.9 Å². The van der Waals surface area contributed by atoms with Gasteiger partial charge in [0.05, 0.1) is 29.9 Å². The second-order valence-corrected chi connectivity index (χ2v) is 10.8. The number of aromatic amines is 2. The van der Waals surface area contributed by atoms with Gasteiger partial charge in [0, 0.05) is 19.2 Å². The Morgan fingerprint density at radius 3 is 2.60 bits per heavy atom. The predicted octanol–water partition coefficient (Wildman–Crippen LogP) is 5.34. The van der Waals surface area contributed by atoms with Crippen LogP contribution in [0.4, 0.5) is 4.79 Å². The van der Waals surface area contributed by atoms with Crippen LogP contribution in [0, 0.1) is 5.92 Å². The minimum absolute atomic E-state index is 0.0616. The van der Waals surface area contributed by atoms with Gasteiger partial charge in [-0.1, -0.05) is 51.1 Å². The van der Waals surface area contributed by atoms with Gasteiger partial charge in [-0.25, -0.2) is 14.8 Å². The molecule has 9 nitrogen and oxygen atoms in total. The number of hydrogen-bond donors (Lipinski definition) is 3. The highest BCUT2D eigenvalue weighted by Crippen LogP contribution is 2.31. The molecule has 2 aromatic carbocycles. The number of carbonyl (C=O) groups is 2. The molecular weight excluding hydrogens is 504 g/mol. The van der Waals surface area contributed by atoms with Crippen molar-refractivity contribution in [3.63, 3.8) is 0 Å². The number of ether oxygens (including phenoxy) is 1. The number of H-pyrrole nitrogens is 2. The van der Waals surface area contributed by atoms with Gasteiger partial charge >= 0.3 is 6.09 Å². The van der Waals surface area contributed by atoms with Gasteiger partial charge in [-0.2, -0.15) is 0 Å². The van der Waals surface area contributed by atoms with E-state index in [1.165, 1.54) is 18.2 Å². The molecule has 0 spiro atoms. The summed E-state index contributed by atoms with van der Waals surface area (Å²) in [6.45, 7) is 6.58. The first-order valence-electron chi connectivity index (χ1n) is 14.1. The maximum atomic E-state index is 13.4. The maximum absolute atomic E-state index is 13.4. The van der Waals surface area contributed by atoms with Crippen molar-refractivity contribution in [1.29, 1.82) is 0 Å². The summed E-state index contributed by atoms with van der Waals surface area (Å²) in [6, 6.07) is 14.3. The van der Waals surface area contributed by atoms with Crippen LogP contribution in [0.5, 0.6) is 0 Å². The maximum Gasteiger partial charge on any atom is 0.407 e. The summed E-state index contributed by atoms with van der Waals surface area (Å²) < 4.78 is 4.73. The molecule has 9 heteroatoms. The highest BCUT2D eigenvalue weighted by atomic mass is 16.5. The van der Waals surface area contributed by atoms with Gasteiger partial charge in [0.1, 0.15) is 17.7 Å². The quantitative estimate of drug-likeness (QED) is 0.264. The Balaban J connectivity index is 1.21. The van der Waals surface area contributed by atoms with E-state index in [1.807, 2.05) is 24.9 Å². The molecule has 0 bridgehead atoms. The Labute approximate surface area is 234 Å². The summed E-state index contributed by atoms with van der Waals surface area (Å²) in [4.78, 5) is 43.2. The monoisotopic (exact) mass is 542 g/mol. The Kier molecular flexibility index (Phi) is 8.19. The second kappa shape index (κ2) is 11.9. The van der Waals surface area contributed by atoms with Gasteiger partial charge < -0.3 is 24.9 Å². The normalized spacial score (nSPS) is 16.0. The topological polar surface area (TPSA) is 116 Å². The molecule has 40 heavy (non-hydrogen) atoms. The number of alkyl carbamates (subject to hydrolysis) is 1. The van der Waals surface area contributed by atoms with E-state index in [2.05, 4.69) is 69.7 Å². The number of rotatable bonds is 9. The molecule has 0 unspecified atom stereocenters. The number of aromatic nitrogens is 4. The summed E-state index contributed by atoms with van der Waals surface area (Å²) >= 11 is 0. The van der Waals surface area contributed by atoms with E-state index in [1.54, 1.807) is 0 Å². The molecule has 0 radical (unpaired) electrons. The molecule has 3 heterocycles. The van der Waals surface area contributed by atoms with Gasteiger partial charge in [-0.15, -0.1) is 0 Å². The molecule has 1 fully saturated rings. The smallest absolute Gasteiger partial charge is 0.407 e. The Morgan fingerprint density at radius 2 is 1.88 bits per heavy atom. The van der Waals surface area contributed by atoms with Crippen molar-refractivity contribution >= 4 is 23.0 Å². The molecule has 2 atom stereocenters. The highest BCUT2D eigenvalue weighted by molar-refractivity contribution is 5.86. The summed E-state index contributed by atoms with van der Waals surface area (Å²) in [6.07, 6.45) is 5.64. The third-order valence-corrected chi connectivity index (χ3v) is 7.72. The van der Waals surface area contributed by atoms with Gasteiger partial charge in [-0.3, -0.25) is 4.79 Å². The van der Waals surface area contributed by atoms with Crippen LogP contribution >= 0.6 is 0 Å². The molecule has 5 rings (SSSR count). The summed E-state index contributed by atoms with van der Waals surface area (Å²) in [5, 5.41) is 2.70. The van der Waals surface area contributed by atoms with Gasteiger partial charge in [0.25, 0.3) is 0 Å². The van der Waals surface area contributed by atoms with E-state index < -0.39 is 12.1 Å². The molecule has 4 aromatic rings. The van der Waals surface area contributed by atoms with Crippen LogP contribution in [0.2, 0.25) is 0 Å². The average molecular weight is 543 g/mol. The van der Waals surface area contributed by atoms with Gasteiger partial charge in [0.15, 0.2) is 0 Å². The van der Waals surface area contributed by atoms with Gasteiger partial charge in [0.2, 0.25) is 5.91 Å². The molecule has 1 saturated heterocycles. The van der Waals surface area contributed by atoms with Crippen LogP contribution < -0.4 is 5.32 Å². The zero-order valence-electron chi connectivity index (χ0n) is 23.7. The van der Waals surface area contributed by atoms with E-state index in [9.17, 15) is 9.59 Å². The minimum Gasteiger partial charge on any atom is -0.453 e. The number of nitrogens with one attached hydrogen (secondary N) is 3. The van der Waals surface area contributed by atoms with E-state index >= 15 is 0 Å². The van der Waals surface area contributed by atoms with E-state index in [0.29, 0.717) is 6.54 Å².